The van der Waals surface area contributed by atoms with Crippen LogP contribution < -0.4 is 5.43 Å². The van der Waals surface area contributed by atoms with Crippen molar-refractivity contribution in [3.8, 4) is 0 Å². The molecule has 0 bridgehead atoms. The van der Waals surface area contributed by atoms with Gasteiger partial charge in [-0.25, -0.2) is 9.18 Å². The number of quaternary nitrogens is 1. The summed E-state index contributed by atoms with van der Waals surface area (Å²) in [4.78, 5) is 13.7. The first-order valence-corrected chi connectivity index (χ1v) is 9.15. The van der Waals surface area contributed by atoms with Gasteiger partial charge < -0.3 is 5.11 Å². The smallest absolute Gasteiger partial charge is 0.335 e. The maximum atomic E-state index is 13.3. The van der Waals surface area contributed by atoms with Gasteiger partial charge in [-0.1, -0.05) is 26.0 Å². The van der Waals surface area contributed by atoms with E-state index < -0.39 is 10.9 Å². The lowest BCUT2D eigenvalue weighted by Gasteiger charge is -2.22. The van der Waals surface area contributed by atoms with Crippen molar-refractivity contribution in [2.75, 3.05) is 5.43 Å². The van der Waals surface area contributed by atoms with Crippen LogP contribution in [0, 0.1) is 11.7 Å². The Balaban J connectivity index is 2.36. The zero-order valence-corrected chi connectivity index (χ0v) is 16.5. The molecule has 0 radical (unpaired) electrons. The number of anilines is 1. The van der Waals surface area contributed by atoms with Crippen LogP contribution in [0.5, 0.6) is 0 Å². The molecular formula is C21H25FN3O4+. The van der Waals surface area contributed by atoms with E-state index in [2.05, 4.69) is 10.4 Å². The van der Waals surface area contributed by atoms with Crippen LogP contribution in [0.15, 0.2) is 65.4 Å². The van der Waals surface area contributed by atoms with E-state index in [4.69, 9.17) is 5.11 Å². The van der Waals surface area contributed by atoms with Crippen molar-refractivity contribution >= 4 is 17.4 Å². The highest BCUT2D eigenvalue weighted by atomic mass is 19.1. The molecule has 0 heterocycles. The monoisotopic (exact) mass is 402 g/mol. The van der Waals surface area contributed by atoms with E-state index >= 15 is 0 Å². The summed E-state index contributed by atoms with van der Waals surface area (Å²) in [5.74, 6) is -1.58. The van der Waals surface area contributed by atoms with Gasteiger partial charge in [-0.05, 0) is 61.2 Å². The van der Waals surface area contributed by atoms with Crippen molar-refractivity contribution < 1.29 is 29.6 Å². The number of benzene rings is 2. The molecule has 2 rings (SSSR count). The maximum Gasteiger partial charge on any atom is 0.335 e. The molecule has 0 aliphatic carbocycles. The van der Waals surface area contributed by atoms with Gasteiger partial charge in [0.15, 0.2) is 0 Å². The summed E-state index contributed by atoms with van der Waals surface area (Å²) in [5.41, 5.74) is 4.08. The van der Waals surface area contributed by atoms with E-state index in [1.165, 1.54) is 42.5 Å². The number of hydroxylamine groups is 2. The van der Waals surface area contributed by atoms with E-state index in [1.807, 2.05) is 13.8 Å². The summed E-state index contributed by atoms with van der Waals surface area (Å²) in [5, 5.41) is 30.0. The number of carboxylic acids is 1. The van der Waals surface area contributed by atoms with Crippen LogP contribution in [-0.2, 0) is 0 Å². The van der Waals surface area contributed by atoms with E-state index in [1.54, 1.807) is 19.1 Å². The summed E-state index contributed by atoms with van der Waals surface area (Å²) >= 11 is 0. The average molecular weight is 402 g/mol. The topological polar surface area (TPSA) is 102 Å². The third-order valence-corrected chi connectivity index (χ3v) is 4.45. The van der Waals surface area contributed by atoms with Crippen molar-refractivity contribution in [1.82, 2.24) is 0 Å². The molecule has 0 saturated carbocycles. The number of halogens is 1. The number of aromatic carboxylic acids is 1. The Morgan fingerprint density at radius 1 is 1.14 bits per heavy atom. The highest BCUT2D eigenvalue weighted by molar-refractivity contribution is 6.02. The van der Waals surface area contributed by atoms with Gasteiger partial charge in [0.05, 0.1) is 21.9 Å². The third kappa shape index (κ3) is 5.71. The maximum absolute atomic E-state index is 13.3. The summed E-state index contributed by atoms with van der Waals surface area (Å²) in [6.45, 7) is 5.52. The van der Waals surface area contributed by atoms with Crippen molar-refractivity contribution in [3.05, 3.63) is 77.4 Å². The van der Waals surface area contributed by atoms with Crippen LogP contribution in [0.4, 0.5) is 10.1 Å². The first-order valence-electron chi connectivity index (χ1n) is 9.15. The van der Waals surface area contributed by atoms with Gasteiger partial charge in [0.25, 0.3) is 0 Å². The van der Waals surface area contributed by atoms with Crippen LogP contribution in [0.1, 0.15) is 43.1 Å². The fourth-order valence-electron chi connectivity index (χ4n) is 2.64. The fraction of sp³-hybridized carbons (Fsp3) is 0.238. The number of hydrogen-bond acceptors (Lipinski definition) is 5. The molecule has 2 aromatic rings. The number of carboxylic acid groups (broad SMARTS) is 1. The van der Waals surface area contributed by atoms with E-state index in [0.717, 1.165) is 6.42 Å². The predicted molar refractivity (Wildman–Crippen MR) is 107 cm³/mol. The first-order chi connectivity index (χ1) is 13.7. The average Bonchev–Trinajstić information content (AvgIpc) is 2.69. The molecule has 8 heteroatoms. The zero-order chi connectivity index (χ0) is 21.6. The molecule has 0 aliphatic rings. The molecule has 0 fully saturated rings. The number of nitrogens with zero attached hydrogens (tertiary/aromatic N) is 2. The quantitative estimate of drug-likeness (QED) is 0.287. The van der Waals surface area contributed by atoms with Crippen molar-refractivity contribution in [2.24, 2.45) is 10.9 Å². The lowest BCUT2D eigenvalue weighted by molar-refractivity contribution is -1.20. The normalized spacial score (nSPS) is 13.9. The number of rotatable bonds is 8. The molecule has 0 amide bonds. The Bertz CT molecular complexity index is 907. The second-order valence-electron chi connectivity index (χ2n) is 6.56. The van der Waals surface area contributed by atoms with Crippen LogP contribution in [0.25, 0.3) is 0 Å². The molecule has 1 atom stereocenters. The highest BCUT2D eigenvalue weighted by Gasteiger charge is 2.31. The lowest BCUT2D eigenvalue weighted by Crippen LogP contribution is -2.45. The number of aliphatic imine (C=N–C) groups is 1. The zero-order valence-electron chi connectivity index (χ0n) is 16.5. The van der Waals surface area contributed by atoms with Gasteiger partial charge in [0.2, 0.25) is 0 Å². The molecule has 154 valence electrons. The van der Waals surface area contributed by atoms with Crippen LogP contribution in [0.3, 0.4) is 0 Å². The largest absolute Gasteiger partial charge is 0.478 e. The summed E-state index contributed by atoms with van der Waals surface area (Å²) in [6, 6.07) is 11.3. The molecule has 1 unspecified atom stereocenters. The molecule has 7 nitrogen and oxygen atoms in total. The van der Waals surface area contributed by atoms with Crippen molar-refractivity contribution in [3.63, 3.8) is 0 Å². The second kappa shape index (κ2) is 9.42. The Kier molecular flexibility index (Phi) is 7.22. The predicted octanol–water partition coefficient (Wildman–Crippen LogP) is 4.84. The van der Waals surface area contributed by atoms with Crippen molar-refractivity contribution in [2.45, 2.75) is 27.2 Å². The van der Waals surface area contributed by atoms with Gasteiger partial charge >= 0.3 is 11.8 Å². The van der Waals surface area contributed by atoms with Crippen LogP contribution >= 0.6 is 0 Å². The Morgan fingerprint density at radius 3 is 2.17 bits per heavy atom. The van der Waals surface area contributed by atoms with Gasteiger partial charge in [0, 0.05) is 6.08 Å². The molecule has 0 aromatic heterocycles. The molecule has 29 heavy (non-hydrogen) atoms. The highest BCUT2D eigenvalue weighted by Crippen LogP contribution is 2.22. The Hall–Kier alpha value is -3.07. The molecule has 0 aliphatic heterocycles. The first kappa shape index (κ1) is 22.2. The van der Waals surface area contributed by atoms with Gasteiger partial charge in [-0.3, -0.25) is 0 Å². The van der Waals surface area contributed by atoms with Gasteiger partial charge in [0.1, 0.15) is 5.82 Å². The molecule has 4 N–H and O–H groups in total. The molecule has 0 spiro atoms. The van der Waals surface area contributed by atoms with E-state index in [0.29, 0.717) is 11.3 Å². The Labute approximate surface area is 168 Å². The molecular weight excluding hydrogens is 377 g/mol. The summed E-state index contributed by atoms with van der Waals surface area (Å²) in [6.07, 6.45) is 2.18. The standard InChI is InChI=1S/C21H24FN3O4/c1-4-14(3)20(15-6-10-17(22)11-7-15)23-19(5-2)25(28,29)24-18-12-8-16(9-13-18)21(26)27/h5-14,24,28-29H,4H2,1-3H3/p+1/b19-5+,23-20+. The fourth-order valence-corrected chi connectivity index (χ4v) is 2.64. The molecule has 2 aromatic carbocycles. The number of nitrogens with one attached hydrogen (secondary N) is 1. The van der Waals surface area contributed by atoms with E-state index in [9.17, 15) is 19.6 Å². The number of carbonyl (C=O) groups is 1. The number of hydrogen-bond donors (Lipinski definition) is 4. The Morgan fingerprint density at radius 2 is 1.69 bits per heavy atom. The SMILES string of the molecule is C/C=C(\N=C(\c1ccc(F)cc1)C(C)CC)[N+](O)(O)Nc1ccc(C(=O)O)cc1. The number of allylic oxidation sites excluding steroid dienone is 1. The van der Waals surface area contributed by atoms with Crippen LogP contribution in [-0.4, -0.2) is 32.1 Å². The van der Waals surface area contributed by atoms with E-state index in [-0.39, 0.29) is 28.8 Å². The minimum atomic E-state index is -1.75. The summed E-state index contributed by atoms with van der Waals surface area (Å²) in [7, 11) is 0. The van der Waals surface area contributed by atoms with Crippen LogP contribution in [0.2, 0.25) is 0 Å². The minimum absolute atomic E-state index is 0.0229. The van der Waals surface area contributed by atoms with Gasteiger partial charge in [-0.15, -0.1) is 10.4 Å². The van der Waals surface area contributed by atoms with Gasteiger partial charge in [-0.2, -0.15) is 10.4 Å². The van der Waals surface area contributed by atoms with Crippen molar-refractivity contribution in [1.29, 1.82) is 0 Å². The lowest BCUT2D eigenvalue weighted by atomic mass is 9.96. The summed E-state index contributed by atoms with van der Waals surface area (Å²) < 4.78 is 13.3. The third-order valence-electron chi connectivity index (χ3n) is 4.45. The minimum Gasteiger partial charge on any atom is -0.478 e. The molecule has 0 saturated heterocycles. The second-order valence-corrected chi connectivity index (χ2v) is 6.56.